The summed E-state index contributed by atoms with van der Waals surface area (Å²) in [5.41, 5.74) is 4.46. The molecule has 0 fully saturated rings. The molecule has 3 aromatic rings. The van der Waals surface area contributed by atoms with Crippen molar-refractivity contribution in [3.05, 3.63) is 108 Å². The van der Waals surface area contributed by atoms with Crippen LogP contribution in [0.3, 0.4) is 0 Å². The van der Waals surface area contributed by atoms with Crippen LogP contribution in [0.5, 0.6) is 0 Å². The van der Waals surface area contributed by atoms with Gasteiger partial charge in [-0.15, -0.1) is 0 Å². The Labute approximate surface area is 159 Å². The van der Waals surface area contributed by atoms with Gasteiger partial charge in [-0.2, -0.15) is 0 Å². The minimum absolute atomic E-state index is 0. The SMILES string of the molecule is CC[P+](Cc1ccccc1)(Cc1ccccc1)Cc1ccccc1.[Cl-]. The number of hydrogen-bond acceptors (Lipinski definition) is 0. The molecule has 2 heteroatoms. The highest BCUT2D eigenvalue weighted by Gasteiger charge is 2.36. The Kier molecular flexibility index (Phi) is 7.69. The van der Waals surface area contributed by atoms with Gasteiger partial charge in [-0.1, -0.05) is 91.0 Å². The summed E-state index contributed by atoms with van der Waals surface area (Å²) in [6.07, 6.45) is 4.97. The zero-order valence-electron chi connectivity index (χ0n) is 14.8. The minimum atomic E-state index is -1.14. The first kappa shape index (κ1) is 19.7. The fourth-order valence-corrected chi connectivity index (χ4v) is 7.38. The van der Waals surface area contributed by atoms with Gasteiger partial charge in [-0.25, -0.2) is 0 Å². The number of rotatable bonds is 7. The first-order chi connectivity index (χ1) is 11.8. The normalized spacial score (nSPS) is 10.9. The number of hydrogen-bond donors (Lipinski definition) is 0. The Balaban J connectivity index is 0.00000225. The second kappa shape index (κ2) is 9.76. The largest absolute Gasteiger partial charge is 1.00 e. The van der Waals surface area contributed by atoms with E-state index in [1.807, 2.05) is 0 Å². The van der Waals surface area contributed by atoms with Crippen LogP contribution in [0.25, 0.3) is 0 Å². The van der Waals surface area contributed by atoms with E-state index in [4.69, 9.17) is 0 Å². The van der Waals surface area contributed by atoms with Gasteiger partial charge in [0.1, 0.15) is 0 Å². The summed E-state index contributed by atoms with van der Waals surface area (Å²) in [5.74, 6) is 0. The Hall–Kier alpha value is -1.62. The molecule has 25 heavy (non-hydrogen) atoms. The van der Waals surface area contributed by atoms with Crippen LogP contribution >= 0.6 is 7.26 Å². The van der Waals surface area contributed by atoms with Crippen LogP contribution in [0.1, 0.15) is 23.6 Å². The fraction of sp³-hybridized carbons (Fsp3) is 0.217. The molecule has 0 unspecified atom stereocenters. The summed E-state index contributed by atoms with van der Waals surface area (Å²) in [6.45, 7) is 2.39. The van der Waals surface area contributed by atoms with Gasteiger partial charge in [-0.05, 0) is 23.6 Å². The molecule has 0 saturated heterocycles. The molecule has 0 atom stereocenters. The fourth-order valence-electron chi connectivity index (χ4n) is 3.42. The van der Waals surface area contributed by atoms with E-state index in [2.05, 4.69) is 97.9 Å². The molecular formula is C23H26ClP. The second-order valence-electron chi connectivity index (χ2n) is 6.59. The molecule has 0 aromatic heterocycles. The van der Waals surface area contributed by atoms with Gasteiger partial charge in [0.15, 0.2) is 0 Å². The van der Waals surface area contributed by atoms with Crippen molar-refractivity contribution in [3.8, 4) is 0 Å². The van der Waals surface area contributed by atoms with Crippen molar-refractivity contribution in [2.24, 2.45) is 0 Å². The third-order valence-electron chi connectivity index (χ3n) is 4.75. The Morgan fingerprint density at radius 1 is 0.520 bits per heavy atom. The van der Waals surface area contributed by atoms with Crippen LogP contribution in [0.4, 0.5) is 0 Å². The van der Waals surface area contributed by atoms with E-state index in [1.54, 1.807) is 0 Å². The standard InChI is InChI=1S/C23H26P.ClH/c1-2-24(18-21-12-6-3-7-13-21,19-22-14-8-4-9-15-22)20-23-16-10-5-11-17-23;/h3-17H,2,18-20H2,1H3;1H/q+1;/p-1. The second-order valence-corrected chi connectivity index (χ2v) is 10.9. The van der Waals surface area contributed by atoms with E-state index in [0.29, 0.717) is 0 Å². The molecule has 3 rings (SSSR count). The molecule has 0 bridgehead atoms. The van der Waals surface area contributed by atoms with Crippen LogP contribution in [0, 0.1) is 0 Å². The third kappa shape index (κ3) is 5.70. The molecule has 0 aliphatic carbocycles. The molecule has 3 aromatic carbocycles. The van der Waals surface area contributed by atoms with Crippen LogP contribution in [-0.2, 0) is 18.5 Å². The van der Waals surface area contributed by atoms with E-state index in [0.717, 1.165) is 0 Å². The zero-order chi connectivity index (χ0) is 16.7. The molecule has 0 nitrogen and oxygen atoms in total. The zero-order valence-corrected chi connectivity index (χ0v) is 16.5. The van der Waals surface area contributed by atoms with E-state index < -0.39 is 7.26 Å². The topological polar surface area (TPSA) is 0 Å². The maximum Gasteiger partial charge on any atom is 0.0849 e. The number of halogens is 1. The van der Waals surface area contributed by atoms with Crippen molar-refractivity contribution in [2.75, 3.05) is 6.16 Å². The highest BCUT2D eigenvalue weighted by Crippen LogP contribution is 2.66. The van der Waals surface area contributed by atoms with Crippen molar-refractivity contribution < 1.29 is 12.4 Å². The monoisotopic (exact) mass is 368 g/mol. The predicted molar refractivity (Wildman–Crippen MR) is 108 cm³/mol. The molecule has 0 amide bonds. The average Bonchev–Trinajstić information content (AvgIpc) is 2.64. The summed E-state index contributed by atoms with van der Waals surface area (Å²) < 4.78 is 0. The van der Waals surface area contributed by atoms with Gasteiger partial charge in [-0.3, -0.25) is 0 Å². The highest BCUT2D eigenvalue weighted by molar-refractivity contribution is 7.73. The lowest BCUT2D eigenvalue weighted by atomic mass is 10.2. The van der Waals surface area contributed by atoms with Gasteiger partial charge in [0.05, 0.1) is 24.6 Å². The van der Waals surface area contributed by atoms with Crippen LogP contribution in [-0.4, -0.2) is 6.16 Å². The third-order valence-corrected chi connectivity index (χ3v) is 9.20. The van der Waals surface area contributed by atoms with Gasteiger partial charge in [0.25, 0.3) is 0 Å². The quantitative estimate of drug-likeness (QED) is 0.559. The Morgan fingerprint density at radius 3 is 1.04 bits per heavy atom. The lowest BCUT2D eigenvalue weighted by molar-refractivity contribution is -0.00000506. The van der Waals surface area contributed by atoms with Gasteiger partial charge < -0.3 is 12.4 Å². The molecule has 0 saturated carbocycles. The lowest BCUT2D eigenvalue weighted by Gasteiger charge is -2.27. The smallest absolute Gasteiger partial charge is 0.0849 e. The van der Waals surface area contributed by atoms with Crippen molar-refractivity contribution in [2.45, 2.75) is 25.4 Å². The van der Waals surface area contributed by atoms with Crippen LogP contribution in [0.2, 0.25) is 0 Å². The first-order valence-electron chi connectivity index (χ1n) is 8.76. The molecule has 0 N–H and O–H groups in total. The van der Waals surface area contributed by atoms with Gasteiger partial charge >= 0.3 is 0 Å². The van der Waals surface area contributed by atoms with Crippen LogP contribution in [0.15, 0.2) is 91.0 Å². The summed E-state index contributed by atoms with van der Waals surface area (Å²) in [4.78, 5) is 0. The van der Waals surface area contributed by atoms with Gasteiger partial charge in [0, 0.05) is 7.26 Å². The Bertz CT molecular complexity index is 624. The average molecular weight is 369 g/mol. The van der Waals surface area contributed by atoms with E-state index in [-0.39, 0.29) is 12.4 Å². The summed E-state index contributed by atoms with van der Waals surface area (Å²) in [7, 11) is -1.14. The van der Waals surface area contributed by atoms with E-state index in [9.17, 15) is 0 Å². The molecule has 0 aliphatic rings. The van der Waals surface area contributed by atoms with E-state index in [1.165, 1.54) is 41.3 Å². The highest BCUT2D eigenvalue weighted by atomic mass is 35.5. The summed E-state index contributed by atoms with van der Waals surface area (Å²) >= 11 is 0. The summed E-state index contributed by atoms with van der Waals surface area (Å²) in [6, 6.07) is 33.1. The van der Waals surface area contributed by atoms with Crippen molar-refractivity contribution in [1.82, 2.24) is 0 Å². The molecule has 130 valence electrons. The van der Waals surface area contributed by atoms with Gasteiger partial charge in [0.2, 0.25) is 0 Å². The van der Waals surface area contributed by atoms with E-state index >= 15 is 0 Å². The van der Waals surface area contributed by atoms with Crippen molar-refractivity contribution >= 4 is 7.26 Å². The van der Waals surface area contributed by atoms with Crippen molar-refractivity contribution in [3.63, 3.8) is 0 Å². The maximum absolute atomic E-state index is 2.39. The lowest BCUT2D eigenvalue weighted by Crippen LogP contribution is -3.00. The molecule has 0 radical (unpaired) electrons. The predicted octanol–water partition coefficient (Wildman–Crippen LogP) is 3.63. The molecular weight excluding hydrogens is 343 g/mol. The minimum Gasteiger partial charge on any atom is -1.00 e. The Morgan fingerprint density at radius 2 is 0.800 bits per heavy atom. The molecule has 0 aliphatic heterocycles. The first-order valence-corrected chi connectivity index (χ1v) is 11.3. The molecule has 0 spiro atoms. The summed E-state index contributed by atoms with van der Waals surface area (Å²) in [5, 5.41) is 0. The van der Waals surface area contributed by atoms with Crippen LogP contribution < -0.4 is 12.4 Å². The maximum atomic E-state index is 2.39. The number of benzene rings is 3. The molecule has 0 heterocycles. The van der Waals surface area contributed by atoms with Crippen molar-refractivity contribution in [1.29, 1.82) is 0 Å².